The van der Waals surface area contributed by atoms with E-state index < -0.39 is 24.8 Å². The summed E-state index contributed by atoms with van der Waals surface area (Å²) in [5.74, 6) is -0.886. The van der Waals surface area contributed by atoms with Crippen LogP contribution >= 0.6 is 0 Å². The van der Waals surface area contributed by atoms with E-state index in [-0.39, 0.29) is 12.5 Å². The topological polar surface area (TPSA) is 96.3 Å². The number of para-hydroxylation sites is 2. The van der Waals surface area contributed by atoms with Gasteiger partial charge in [0.25, 0.3) is 0 Å². The second-order valence-corrected chi connectivity index (χ2v) is 7.83. The second-order valence-electron chi connectivity index (χ2n) is 7.83. The lowest BCUT2D eigenvalue weighted by Gasteiger charge is -2.31. The number of nitrogens with zero attached hydrogens (tertiary/aromatic N) is 1. The highest BCUT2D eigenvalue weighted by atomic mass is 16.6. The average molecular weight is 447 g/mol. The molecule has 0 fully saturated rings. The van der Waals surface area contributed by atoms with Crippen molar-refractivity contribution in [3.05, 3.63) is 90.0 Å². The first-order valence-corrected chi connectivity index (χ1v) is 10.8. The molecule has 0 heterocycles. The highest BCUT2D eigenvalue weighted by molar-refractivity contribution is 5.95. The summed E-state index contributed by atoms with van der Waals surface area (Å²) in [6.45, 7) is -0.391. The number of aliphatic hydroxyl groups is 1. The Kier molecular flexibility index (Phi) is 6.90. The van der Waals surface area contributed by atoms with Gasteiger partial charge in [0.1, 0.15) is 5.75 Å². The third kappa shape index (κ3) is 5.15. The number of carboxylic acids is 1. The molecule has 0 aromatic heterocycles. The maximum Gasteiger partial charge on any atom is 0.418 e. The Morgan fingerprint density at radius 3 is 2.15 bits per heavy atom. The van der Waals surface area contributed by atoms with Crippen LogP contribution in [-0.4, -0.2) is 35.5 Å². The van der Waals surface area contributed by atoms with Crippen molar-refractivity contribution in [2.45, 2.75) is 18.9 Å². The Hall–Kier alpha value is -3.84. The van der Waals surface area contributed by atoms with Gasteiger partial charge in [-0.05, 0) is 54.3 Å². The summed E-state index contributed by atoms with van der Waals surface area (Å²) in [7, 11) is 0. The van der Waals surface area contributed by atoms with Gasteiger partial charge in [0.05, 0.1) is 24.1 Å². The van der Waals surface area contributed by atoms with Crippen molar-refractivity contribution in [2.24, 2.45) is 5.92 Å². The van der Waals surface area contributed by atoms with Gasteiger partial charge in [-0.25, -0.2) is 14.5 Å². The number of rotatable bonds is 7. The zero-order valence-corrected chi connectivity index (χ0v) is 18.0. The van der Waals surface area contributed by atoms with E-state index in [1.807, 2.05) is 60.7 Å². The summed E-state index contributed by atoms with van der Waals surface area (Å²) in [6.07, 6.45) is -0.211. The first-order chi connectivity index (χ1) is 16.0. The number of aliphatic carboxylic acids is 1. The number of benzene rings is 3. The van der Waals surface area contributed by atoms with Gasteiger partial charge in [-0.15, -0.1) is 0 Å². The molecule has 0 radical (unpaired) electrons. The van der Waals surface area contributed by atoms with E-state index >= 15 is 0 Å². The lowest BCUT2D eigenvalue weighted by atomic mass is 9.81. The van der Waals surface area contributed by atoms with Gasteiger partial charge in [0.2, 0.25) is 0 Å². The third-order valence-electron chi connectivity index (χ3n) is 5.68. The van der Waals surface area contributed by atoms with E-state index in [4.69, 9.17) is 14.6 Å². The van der Waals surface area contributed by atoms with E-state index in [0.717, 1.165) is 5.56 Å². The largest absolute Gasteiger partial charge is 0.482 e. The molecule has 7 heteroatoms. The number of hydrogen-bond donors (Lipinski definition) is 2. The SMILES string of the molecule is O=C(O)COc1cccc2c1CC[C@H](COC(=O)N(c1ccccc1)c1ccccc1)[C@H]2O. The smallest absolute Gasteiger partial charge is 0.418 e. The predicted octanol–water partition coefficient (Wildman–Crippen LogP) is 4.72. The number of anilines is 2. The van der Waals surface area contributed by atoms with Crippen LogP contribution in [0.3, 0.4) is 0 Å². The first-order valence-electron chi connectivity index (χ1n) is 10.8. The summed E-state index contributed by atoms with van der Waals surface area (Å²) in [4.78, 5) is 25.4. The molecule has 33 heavy (non-hydrogen) atoms. The molecule has 3 aromatic carbocycles. The quantitative estimate of drug-likeness (QED) is 0.544. The van der Waals surface area contributed by atoms with Gasteiger partial charge in [-0.1, -0.05) is 48.5 Å². The van der Waals surface area contributed by atoms with Crippen LogP contribution in [0.5, 0.6) is 5.75 Å². The molecule has 3 aromatic rings. The minimum Gasteiger partial charge on any atom is -0.482 e. The molecule has 1 aliphatic carbocycles. The molecule has 2 N–H and O–H groups in total. The molecule has 0 saturated carbocycles. The molecule has 170 valence electrons. The van der Waals surface area contributed by atoms with Crippen molar-refractivity contribution >= 4 is 23.4 Å². The highest BCUT2D eigenvalue weighted by Gasteiger charge is 2.31. The lowest BCUT2D eigenvalue weighted by Crippen LogP contribution is -2.31. The number of fused-ring (bicyclic) bond motifs is 1. The van der Waals surface area contributed by atoms with Crippen LogP contribution in [0, 0.1) is 5.92 Å². The van der Waals surface area contributed by atoms with Gasteiger partial charge in [-0.3, -0.25) is 0 Å². The van der Waals surface area contributed by atoms with Crippen molar-refractivity contribution < 1.29 is 29.3 Å². The number of ether oxygens (including phenoxy) is 2. The molecule has 0 bridgehead atoms. The zero-order chi connectivity index (χ0) is 23.2. The van der Waals surface area contributed by atoms with Crippen LogP contribution < -0.4 is 9.64 Å². The average Bonchev–Trinajstić information content (AvgIpc) is 2.84. The number of carbonyl (C=O) groups excluding carboxylic acids is 1. The summed E-state index contributed by atoms with van der Waals surface area (Å²) >= 11 is 0. The summed E-state index contributed by atoms with van der Waals surface area (Å²) in [5.41, 5.74) is 2.84. The van der Waals surface area contributed by atoms with Gasteiger partial charge >= 0.3 is 12.1 Å². The number of aliphatic hydroxyl groups excluding tert-OH is 1. The number of carbonyl (C=O) groups is 2. The fraction of sp³-hybridized carbons (Fsp3) is 0.231. The molecular formula is C26H25NO6. The van der Waals surface area contributed by atoms with E-state index in [9.17, 15) is 14.7 Å². The van der Waals surface area contributed by atoms with Crippen LogP contribution in [0.25, 0.3) is 0 Å². The minimum absolute atomic E-state index is 0.0514. The molecule has 7 nitrogen and oxygen atoms in total. The van der Waals surface area contributed by atoms with Crippen LogP contribution in [0.1, 0.15) is 23.7 Å². The molecular weight excluding hydrogens is 422 g/mol. The van der Waals surface area contributed by atoms with E-state index in [1.54, 1.807) is 18.2 Å². The molecule has 1 aliphatic rings. The molecule has 4 rings (SSSR count). The molecule has 0 saturated heterocycles. The molecule has 0 unspecified atom stereocenters. The van der Waals surface area contributed by atoms with E-state index in [1.165, 1.54) is 4.90 Å². The van der Waals surface area contributed by atoms with Crippen molar-refractivity contribution in [1.29, 1.82) is 0 Å². The van der Waals surface area contributed by atoms with Crippen molar-refractivity contribution in [3.63, 3.8) is 0 Å². The Balaban J connectivity index is 1.47. The maximum absolute atomic E-state index is 13.1. The molecule has 2 atom stereocenters. The van der Waals surface area contributed by atoms with Gasteiger partial charge in [0.15, 0.2) is 6.61 Å². The maximum atomic E-state index is 13.1. The van der Waals surface area contributed by atoms with Crippen LogP contribution in [0.4, 0.5) is 16.2 Å². The number of hydrogen-bond acceptors (Lipinski definition) is 5. The molecule has 0 spiro atoms. The monoisotopic (exact) mass is 447 g/mol. The van der Waals surface area contributed by atoms with Gasteiger partial charge in [0, 0.05) is 5.92 Å². The van der Waals surface area contributed by atoms with Crippen molar-refractivity contribution in [2.75, 3.05) is 18.1 Å². The first kappa shape index (κ1) is 22.4. The fourth-order valence-electron chi connectivity index (χ4n) is 4.07. The standard InChI is InChI=1S/C26H25NO6/c28-24(29)17-32-23-13-7-12-22-21(23)15-14-18(25(22)30)16-33-26(31)27(19-8-3-1-4-9-19)20-10-5-2-6-11-20/h1-13,18,25,30H,14-17H2,(H,28,29)/t18-,25-/m1/s1. The van der Waals surface area contributed by atoms with Gasteiger partial charge in [-0.2, -0.15) is 0 Å². The van der Waals surface area contributed by atoms with Crippen LogP contribution in [0.15, 0.2) is 78.9 Å². The normalized spacial score (nSPS) is 17.0. The van der Waals surface area contributed by atoms with E-state index in [0.29, 0.717) is 35.5 Å². The zero-order valence-electron chi connectivity index (χ0n) is 18.0. The van der Waals surface area contributed by atoms with Crippen molar-refractivity contribution in [3.8, 4) is 5.75 Å². The van der Waals surface area contributed by atoms with E-state index in [2.05, 4.69) is 0 Å². The summed E-state index contributed by atoms with van der Waals surface area (Å²) < 4.78 is 11.0. The fourth-order valence-corrected chi connectivity index (χ4v) is 4.07. The predicted molar refractivity (Wildman–Crippen MR) is 123 cm³/mol. The van der Waals surface area contributed by atoms with Gasteiger partial charge < -0.3 is 19.7 Å². The lowest BCUT2D eigenvalue weighted by molar-refractivity contribution is -0.139. The Morgan fingerprint density at radius 2 is 1.55 bits per heavy atom. The minimum atomic E-state index is -1.06. The van der Waals surface area contributed by atoms with Crippen molar-refractivity contribution in [1.82, 2.24) is 0 Å². The Bertz CT molecular complexity index is 1060. The van der Waals surface area contributed by atoms with Crippen LogP contribution in [0.2, 0.25) is 0 Å². The second kappa shape index (κ2) is 10.2. The summed E-state index contributed by atoms with van der Waals surface area (Å²) in [5, 5.41) is 19.8. The summed E-state index contributed by atoms with van der Waals surface area (Å²) in [6, 6.07) is 23.7. The Labute approximate surface area is 191 Å². The third-order valence-corrected chi connectivity index (χ3v) is 5.68. The highest BCUT2D eigenvalue weighted by Crippen LogP contribution is 2.39. The molecule has 1 amide bonds. The molecule has 0 aliphatic heterocycles. The Morgan fingerprint density at radius 1 is 0.909 bits per heavy atom. The number of carboxylic acid groups (broad SMARTS) is 1. The number of amides is 1. The van der Waals surface area contributed by atoms with Crippen LogP contribution in [-0.2, 0) is 16.0 Å².